The van der Waals surface area contributed by atoms with Crippen molar-refractivity contribution >= 4 is 32.0 Å². The van der Waals surface area contributed by atoms with Gasteiger partial charge in [-0.25, -0.2) is 27.4 Å². The van der Waals surface area contributed by atoms with E-state index in [0.29, 0.717) is 6.07 Å². The zero-order valence-corrected chi connectivity index (χ0v) is 11.9. The third kappa shape index (κ3) is 4.11. The summed E-state index contributed by atoms with van der Waals surface area (Å²) >= 11 is 2.73. The second-order valence-electron chi connectivity index (χ2n) is 3.15. The Morgan fingerprint density at radius 1 is 1.42 bits per heavy atom. The summed E-state index contributed by atoms with van der Waals surface area (Å²) in [7, 11) is -4.40. The fourth-order valence-corrected chi connectivity index (χ4v) is 3.11. The van der Waals surface area contributed by atoms with Crippen LogP contribution in [0, 0.1) is 11.6 Å². The van der Waals surface area contributed by atoms with Gasteiger partial charge in [-0.05, 0) is 28.9 Å². The Hall–Kier alpha value is -1.26. The molecule has 0 heterocycles. The van der Waals surface area contributed by atoms with Crippen molar-refractivity contribution in [2.24, 2.45) is 0 Å². The maximum atomic E-state index is 13.4. The number of hydrogen-bond acceptors (Lipinski definition) is 4. The second kappa shape index (κ2) is 6.26. The first-order valence-corrected chi connectivity index (χ1v) is 7.14. The van der Waals surface area contributed by atoms with E-state index in [1.807, 2.05) is 0 Å². The summed E-state index contributed by atoms with van der Waals surface area (Å²) in [4.78, 5) is 11.7. The average molecular weight is 359 g/mol. The molecule has 0 aromatic heterocycles. The van der Waals surface area contributed by atoms with Gasteiger partial charge in [0, 0.05) is 10.5 Å². The summed E-state index contributed by atoms with van der Waals surface area (Å²) in [5.74, 6) is -2.24. The molecular formula is C9H9BrF2N2O4S. The van der Waals surface area contributed by atoms with E-state index in [0.717, 1.165) is 6.07 Å². The normalized spacial score (nSPS) is 11.2. The Labute approximate surface area is 116 Å². The maximum absolute atomic E-state index is 13.4. The Morgan fingerprint density at radius 2 is 2.05 bits per heavy atom. The lowest BCUT2D eigenvalue weighted by Crippen LogP contribution is -2.42. The highest BCUT2D eigenvalue weighted by molar-refractivity contribution is 9.10. The number of carbonyl (C=O) groups excluding carboxylic acids is 1. The fraction of sp³-hybridized carbons (Fsp3) is 0.222. The van der Waals surface area contributed by atoms with Crippen LogP contribution in [0.4, 0.5) is 13.6 Å². The molecule has 0 aliphatic heterocycles. The molecule has 0 spiro atoms. The van der Waals surface area contributed by atoms with Gasteiger partial charge in [0.2, 0.25) is 0 Å². The van der Waals surface area contributed by atoms with Crippen LogP contribution in [0.5, 0.6) is 0 Å². The van der Waals surface area contributed by atoms with Crippen molar-refractivity contribution in [1.29, 1.82) is 0 Å². The van der Waals surface area contributed by atoms with Crippen LogP contribution in [0.15, 0.2) is 21.5 Å². The minimum absolute atomic E-state index is 0.0299. The molecule has 0 radical (unpaired) electrons. The number of rotatable bonds is 4. The van der Waals surface area contributed by atoms with Crippen LogP contribution in [0.1, 0.15) is 6.92 Å². The number of amides is 1. The number of benzene rings is 1. The quantitative estimate of drug-likeness (QED) is 0.801. The molecular weight excluding hydrogens is 350 g/mol. The minimum atomic E-state index is -4.40. The highest BCUT2D eigenvalue weighted by Gasteiger charge is 2.24. The lowest BCUT2D eigenvalue weighted by atomic mass is 10.3. The molecule has 1 aromatic carbocycles. The lowest BCUT2D eigenvalue weighted by molar-refractivity contribution is 0.150. The van der Waals surface area contributed by atoms with Gasteiger partial charge < -0.3 is 4.74 Å². The van der Waals surface area contributed by atoms with Crippen LogP contribution in [0.3, 0.4) is 0 Å². The Morgan fingerprint density at radius 3 is 2.58 bits per heavy atom. The lowest BCUT2D eigenvalue weighted by Gasteiger charge is -2.10. The molecule has 19 heavy (non-hydrogen) atoms. The van der Waals surface area contributed by atoms with Gasteiger partial charge in [-0.1, -0.05) is 0 Å². The predicted molar refractivity (Wildman–Crippen MR) is 64.5 cm³/mol. The number of sulfonamides is 1. The molecule has 1 amide bonds. The van der Waals surface area contributed by atoms with Crippen molar-refractivity contribution in [2.45, 2.75) is 11.8 Å². The fourth-order valence-electron chi connectivity index (χ4n) is 1.11. The van der Waals surface area contributed by atoms with Crippen LogP contribution >= 0.6 is 15.9 Å². The maximum Gasteiger partial charge on any atom is 0.422 e. The summed E-state index contributed by atoms with van der Waals surface area (Å²) in [6.07, 6.45) is -1.05. The summed E-state index contributed by atoms with van der Waals surface area (Å²) < 4.78 is 53.8. The first kappa shape index (κ1) is 15.8. The van der Waals surface area contributed by atoms with E-state index in [-0.39, 0.29) is 11.1 Å². The van der Waals surface area contributed by atoms with Crippen LogP contribution in [-0.4, -0.2) is 21.1 Å². The number of carbonyl (C=O) groups is 1. The average Bonchev–Trinajstić information content (AvgIpc) is 2.25. The highest BCUT2D eigenvalue weighted by Crippen LogP contribution is 2.25. The number of halogens is 3. The van der Waals surface area contributed by atoms with Crippen molar-refractivity contribution in [3.8, 4) is 0 Å². The molecule has 0 aliphatic carbocycles. The molecule has 10 heteroatoms. The third-order valence-electron chi connectivity index (χ3n) is 1.79. The van der Waals surface area contributed by atoms with Gasteiger partial charge in [0.1, 0.15) is 16.5 Å². The molecule has 0 aliphatic rings. The van der Waals surface area contributed by atoms with Crippen molar-refractivity contribution in [1.82, 2.24) is 10.3 Å². The van der Waals surface area contributed by atoms with Gasteiger partial charge in [-0.15, -0.1) is 4.83 Å². The second-order valence-corrected chi connectivity index (χ2v) is 5.62. The zero-order valence-electron chi connectivity index (χ0n) is 9.54. The summed E-state index contributed by atoms with van der Waals surface area (Å²) in [5.41, 5.74) is 1.71. The topological polar surface area (TPSA) is 84.5 Å². The number of hydrazine groups is 1. The molecule has 0 atom stereocenters. The van der Waals surface area contributed by atoms with E-state index >= 15 is 0 Å². The molecule has 0 saturated heterocycles. The van der Waals surface area contributed by atoms with E-state index < -0.39 is 32.6 Å². The first-order valence-electron chi connectivity index (χ1n) is 4.87. The Kier molecular flexibility index (Phi) is 5.20. The number of hydrogen-bond donors (Lipinski definition) is 2. The minimum Gasteiger partial charge on any atom is -0.449 e. The van der Waals surface area contributed by atoms with Crippen LogP contribution < -0.4 is 10.3 Å². The van der Waals surface area contributed by atoms with Gasteiger partial charge in [0.15, 0.2) is 0 Å². The molecule has 1 aromatic rings. The van der Waals surface area contributed by atoms with E-state index in [4.69, 9.17) is 0 Å². The molecule has 0 bridgehead atoms. The third-order valence-corrected chi connectivity index (χ3v) is 4.01. The van der Waals surface area contributed by atoms with Gasteiger partial charge in [0.25, 0.3) is 10.0 Å². The molecule has 106 valence electrons. The number of ether oxygens (including phenoxy) is 1. The van der Waals surface area contributed by atoms with Crippen LogP contribution in [-0.2, 0) is 14.8 Å². The smallest absolute Gasteiger partial charge is 0.422 e. The van der Waals surface area contributed by atoms with Gasteiger partial charge >= 0.3 is 6.09 Å². The first-order chi connectivity index (χ1) is 8.77. The van der Waals surface area contributed by atoms with E-state index in [1.54, 1.807) is 10.3 Å². The monoisotopic (exact) mass is 358 g/mol. The highest BCUT2D eigenvalue weighted by atomic mass is 79.9. The predicted octanol–water partition coefficient (Wildman–Crippen LogP) is 1.67. The SMILES string of the molecule is CCOC(=O)NNS(=O)(=O)c1c(F)cc(F)cc1Br. The van der Waals surface area contributed by atoms with Crippen molar-refractivity contribution < 1.29 is 26.7 Å². The van der Waals surface area contributed by atoms with Crippen molar-refractivity contribution in [3.63, 3.8) is 0 Å². The Balaban J connectivity index is 2.98. The van der Waals surface area contributed by atoms with Crippen molar-refractivity contribution in [3.05, 3.63) is 28.2 Å². The Bertz CT molecular complexity index is 571. The van der Waals surface area contributed by atoms with E-state index in [9.17, 15) is 22.0 Å². The molecule has 0 fully saturated rings. The molecule has 1 rings (SSSR count). The molecule has 0 saturated carbocycles. The van der Waals surface area contributed by atoms with E-state index in [2.05, 4.69) is 20.7 Å². The molecule has 0 unspecified atom stereocenters. The van der Waals surface area contributed by atoms with Gasteiger partial charge in [-0.3, -0.25) is 0 Å². The van der Waals surface area contributed by atoms with Crippen molar-refractivity contribution in [2.75, 3.05) is 6.61 Å². The zero-order chi connectivity index (χ0) is 14.6. The number of nitrogens with one attached hydrogen (secondary N) is 2. The van der Waals surface area contributed by atoms with Crippen LogP contribution in [0.2, 0.25) is 0 Å². The van der Waals surface area contributed by atoms with Gasteiger partial charge in [-0.2, -0.15) is 0 Å². The van der Waals surface area contributed by atoms with Crippen LogP contribution in [0.25, 0.3) is 0 Å². The van der Waals surface area contributed by atoms with E-state index in [1.165, 1.54) is 6.92 Å². The summed E-state index contributed by atoms with van der Waals surface area (Å²) in [6.45, 7) is 1.55. The standard InChI is InChI=1S/C9H9BrF2N2O4S/c1-2-18-9(15)13-14-19(16,17)8-6(10)3-5(11)4-7(8)12/h3-4,14H,2H2,1H3,(H,13,15). The largest absolute Gasteiger partial charge is 0.449 e. The van der Waals surface area contributed by atoms with Gasteiger partial charge in [0.05, 0.1) is 6.61 Å². The molecule has 6 nitrogen and oxygen atoms in total. The molecule has 2 N–H and O–H groups in total. The summed E-state index contributed by atoms with van der Waals surface area (Å²) in [5, 5.41) is 0. The summed E-state index contributed by atoms with van der Waals surface area (Å²) in [6, 6.07) is 1.19.